The number of carbonyl (C=O) groups is 6. The Morgan fingerprint density at radius 2 is 0.896 bits per heavy atom. The third-order valence-corrected chi connectivity index (χ3v) is 8.05. The lowest BCUT2D eigenvalue weighted by Crippen LogP contribution is -2.44. The van der Waals surface area contributed by atoms with E-state index in [1.54, 1.807) is 6.29 Å². The Morgan fingerprint density at radius 1 is 0.500 bits per heavy atom. The second-order valence-corrected chi connectivity index (χ2v) is 12.4. The van der Waals surface area contributed by atoms with E-state index in [2.05, 4.69) is 16.0 Å². The highest BCUT2D eigenvalue weighted by Crippen LogP contribution is 2.14. The van der Waals surface area contributed by atoms with Crippen molar-refractivity contribution >= 4 is 41.9 Å². The monoisotopic (exact) mass is 683 g/mol. The van der Waals surface area contributed by atoms with E-state index < -0.39 is 53.8 Å². The second kappa shape index (κ2) is 29.6. The molecular weight excluding hydrogens is 624 g/mol. The van der Waals surface area contributed by atoms with Crippen molar-refractivity contribution in [1.29, 1.82) is 0 Å². The summed E-state index contributed by atoms with van der Waals surface area (Å²) in [4.78, 5) is 80.7. The molecule has 0 unspecified atom stereocenters. The summed E-state index contributed by atoms with van der Waals surface area (Å²) < 4.78 is 0. The molecule has 0 saturated carbocycles. The van der Waals surface area contributed by atoms with Crippen molar-refractivity contribution in [3.05, 3.63) is 0 Å². The normalized spacial score (nSPS) is 12.8. The van der Waals surface area contributed by atoms with Gasteiger partial charge in [-0.2, -0.15) is 0 Å². The number of carboxylic acids is 3. The summed E-state index contributed by atoms with van der Waals surface area (Å²) in [5, 5.41) is 34.9. The van der Waals surface area contributed by atoms with E-state index in [1.165, 1.54) is 32.1 Å². The van der Waals surface area contributed by atoms with Gasteiger partial charge in [0.05, 0.1) is 6.04 Å². The Hall–Kier alpha value is -3.55. The van der Waals surface area contributed by atoms with Crippen molar-refractivity contribution in [2.45, 2.75) is 166 Å². The number of hydrogen-bond acceptors (Lipinski definition) is 8. The quantitative estimate of drug-likeness (QED) is 0.0491. The number of unbranched alkanes of at least 4 members (excludes halogenated alkanes) is 14. The first-order chi connectivity index (χ1) is 23.0. The lowest BCUT2D eigenvalue weighted by atomic mass is 10.0. The highest BCUT2D eigenvalue weighted by atomic mass is 16.4. The zero-order chi connectivity index (χ0) is 36.0. The molecule has 0 aliphatic rings. The van der Waals surface area contributed by atoms with Crippen molar-refractivity contribution in [3.63, 3.8) is 0 Å². The molecule has 8 N–H and O–H groups in total. The van der Waals surface area contributed by atoms with Crippen molar-refractivity contribution < 1.29 is 48.9 Å². The van der Waals surface area contributed by atoms with E-state index in [1.807, 2.05) is 0 Å². The van der Waals surface area contributed by atoms with E-state index in [0.29, 0.717) is 32.2 Å². The fraction of sp³-hybridized carbons (Fsp3) is 0.794. The van der Waals surface area contributed by atoms with Crippen LogP contribution in [0.1, 0.15) is 148 Å². The van der Waals surface area contributed by atoms with Crippen LogP contribution in [-0.4, -0.2) is 81.9 Å². The average molecular weight is 684 g/mol. The third kappa shape index (κ3) is 27.6. The Morgan fingerprint density at radius 3 is 1.31 bits per heavy atom. The van der Waals surface area contributed by atoms with Gasteiger partial charge in [0.25, 0.3) is 0 Å². The molecular formula is C34H59N4O10. The molecule has 0 fully saturated rings. The van der Waals surface area contributed by atoms with Gasteiger partial charge >= 0.3 is 17.9 Å². The van der Waals surface area contributed by atoms with Crippen LogP contribution in [0.15, 0.2) is 0 Å². The van der Waals surface area contributed by atoms with Crippen LogP contribution in [-0.2, 0) is 33.6 Å². The maximum atomic E-state index is 12.4. The molecule has 0 spiro atoms. The van der Waals surface area contributed by atoms with Crippen molar-refractivity contribution in [3.8, 4) is 0 Å². The zero-order valence-electron chi connectivity index (χ0n) is 28.5. The number of amides is 3. The number of nitrogens with two attached hydrogens (primary N) is 1. The summed E-state index contributed by atoms with van der Waals surface area (Å²) in [5.41, 5.74) is 5.44. The van der Waals surface area contributed by atoms with E-state index in [0.717, 1.165) is 51.4 Å². The molecule has 3 atom stereocenters. The number of hydrogen-bond donors (Lipinski definition) is 7. The summed E-state index contributed by atoms with van der Waals surface area (Å²) in [6.07, 6.45) is 17.7. The summed E-state index contributed by atoms with van der Waals surface area (Å²) in [5.74, 6) is -4.84. The fourth-order valence-corrected chi connectivity index (χ4v) is 5.15. The number of carboxylic acid groups (broad SMARTS) is 3. The Kier molecular flexibility index (Phi) is 27.4. The van der Waals surface area contributed by atoms with Gasteiger partial charge in [0, 0.05) is 32.2 Å². The molecule has 0 aliphatic heterocycles. The van der Waals surface area contributed by atoms with Crippen molar-refractivity contribution in [1.82, 2.24) is 16.0 Å². The van der Waals surface area contributed by atoms with Gasteiger partial charge in [0.1, 0.15) is 12.1 Å². The van der Waals surface area contributed by atoms with E-state index in [-0.39, 0.29) is 38.5 Å². The van der Waals surface area contributed by atoms with Gasteiger partial charge in [0.15, 0.2) is 0 Å². The molecule has 0 bridgehead atoms. The maximum absolute atomic E-state index is 12.4. The average Bonchev–Trinajstić information content (AvgIpc) is 3.03. The Labute approximate surface area is 284 Å². The Bertz CT molecular complexity index is 962. The van der Waals surface area contributed by atoms with Gasteiger partial charge in [-0.05, 0) is 44.9 Å². The number of aliphatic carboxylic acids is 3. The molecule has 0 saturated heterocycles. The molecule has 0 rings (SSSR count). The topological polar surface area (TPSA) is 242 Å². The lowest BCUT2D eigenvalue weighted by Gasteiger charge is -2.17. The summed E-state index contributed by atoms with van der Waals surface area (Å²) in [7, 11) is 0. The van der Waals surface area contributed by atoms with Crippen LogP contribution in [0.25, 0.3) is 0 Å². The van der Waals surface area contributed by atoms with Gasteiger partial charge in [-0.1, -0.05) is 77.0 Å². The van der Waals surface area contributed by atoms with Crippen LogP contribution in [0.2, 0.25) is 0 Å². The van der Waals surface area contributed by atoms with Crippen LogP contribution >= 0.6 is 0 Å². The lowest BCUT2D eigenvalue weighted by molar-refractivity contribution is -0.143. The van der Waals surface area contributed by atoms with Crippen LogP contribution in [0, 0.1) is 0 Å². The third-order valence-electron chi connectivity index (χ3n) is 8.05. The molecule has 3 amide bonds. The van der Waals surface area contributed by atoms with Gasteiger partial charge < -0.3 is 37.0 Å². The molecule has 0 aromatic rings. The van der Waals surface area contributed by atoms with Gasteiger partial charge in [0.2, 0.25) is 24.0 Å². The smallest absolute Gasteiger partial charge is 0.326 e. The number of carbonyl (C=O) groups excluding carboxylic acids is 4. The molecule has 0 aromatic heterocycles. The van der Waals surface area contributed by atoms with E-state index in [9.17, 15) is 43.8 Å². The molecule has 48 heavy (non-hydrogen) atoms. The van der Waals surface area contributed by atoms with Gasteiger partial charge in [-0.3, -0.25) is 24.0 Å². The van der Waals surface area contributed by atoms with Crippen LogP contribution in [0.3, 0.4) is 0 Å². The van der Waals surface area contributed by atoms with E-state index >= 15 is 0 Å². The minimum absolute atomic E-state index is 0.145. The minimum atomic E-state index is -1.33. The van der Waals surface area contributed by atoms with Crippen LogP contribution in [0.4, 0.5) is 0 Å². The first kappa shape index (κ1) is 44.5. The molecule has 1 radical (unpaired) electrons. The first-order valence-electron chi connectivity index (χ1n) is 17.6. The maximum Gasteiger partial charge on any atom is 0.326 e. The standard InChI is InChI=1S/C34H59N4O10/c35-26(25-39)17-15-16-24-36-29(40)22-20-27(33(45)46)38-31(42)23-21-28(34(47)48)37-30(41)18-13-11-9-7-5-3-1-2-4-6-8-10-12-14-19-32(43)44/h26-28H,1-24,35H2,(H,36,40)(H,37,41)(H,38,42)(H,43,44)(H,45,46)(H,47,48)/t26-,27-,28-/m0/s1. The Balaban J connectivity index is 4.05. The molecule has 0 aliphatic carbocycles. The summed E-state index contributed by atoms with van der Waals surface area (Å²) in [6.45, 7) is 0.333. The first-order valence-corrected chi connectivity index (χ1v) is 17.6. The van der Waals surface area contributed by atoms with Crippen molar-refractivity contribution in [2.24, 2.45) is 5.73 Å². The zero-order valence-corrected chi connectivity index (χ0v) is 28.5. The minimum Gasteiger partial charge on any atom is -0.481 e. The van der Waals surface area contributed by atoms with Crippen LogP contribution in [0.5, 0.6) is 0 Å². The number of nitrogens with one attached hydrogen (secondary N) is 3. The van der Waals surface area contributed by atoms with Crippen LogP contribution < -0.4 is 21.7 Å². The summed E-state index contributed by atoms with van der Waals surface area (Å²) >= 11 is 0. The predicted molar refractivity (Wildman–Crippen MR) is 180 cm³/mol. The number of rotatable bonds is 33. The fourth-order valence-electron chi connectivity index (χ4n) is 5.15. The van der Waals surface area contributed by atoms with Gasteiger partial charge in [-0.25, -0.2) is 9.59 Å². The molecule has 14 nitrogen and oxygen atoms in total. The second-order valence-electron chi connectivity index (χ2n) is 12.4. The molecule has 275 valence electrons. The highest BCUT2D eigenvalue weighted by Gasteiger charge is 2.24. The predicted octanol–water partition coefficient (Wildman–Crippen LogP) is 3.74. The highest BCUT2D eigenvalue weighted by molar-refractivity contribution is 5.86. The molecule has 0 heterocycles. The molecule has 0 aromatic carbocycles. The SMILES string of the molecule is N[C@H]([C]=O)CCCCNC(=O)CC[C@H](NC(=O)CC[C@H](NC(=O)CCCCCCCCCCCCCCCCC(=O)O)C(=O)O)C(=O)O. The van der Waals surface area contributed by atoms with Crippen molar-refractivity contribution in [2.75, 3.05) is 6.54 Å². The largest absolute Gasteiger partial charge is 0.481 e. The summed E-state index contributed by atoms with van der Waals surface area (Å²) in [6, 6.07) is -3.28. The van der Waals surface area contributed by atoms with Gasteiger partial charge in [-0.15, -0.1) is 0 Å². The molecule has 14 heteroatoms. The van der Waals surface area contributed by atoms with E-state index in [4.69, 9.17) is 10.8 Å².